The molecule has 0 saturated heterocycles. The zero-order valence-corrected chi connectivity index (χ0v) is 14.6. The number of carbonyl (C=O) groups excluding carboxylic acids is 1. The number of aromatic nitrogens is 2. The molecule has 0 amide bonds. The van der Waals surface area contributed by atoms with Gasteiger partial charge in [-0.25, -0.2) is 9.78 Å². The van der Waals surface area contributed by atoms with Crippen LogP contribution in [0.5, 0.6) is 11.5 Å². The maximum absolute atomic E-state index is 12.3. The van der Waals surface area contributed by atoms with E-state index in [0.717, 1.165) is 16.5 Å². The summed E-state index contributed by atoms with van der Waals surface area (Å²) >= 11 is 0. The molecule has 1 aliphatic rings. The molecule has 2 aromatic carbocycles. The third-order valence-corrected chi connectivity index (χ3v) is 4.37. The van der Waals surface area contributed by atoms with E-state index in [-0.39, 0.29) is 19.1 Å². The van der Waals surface area contributed by atoms with E-state index in [9.17, 15) is 4.79 Å². The molecule has 0 saturated carbocycles. The minimum absolute atomic E-state index is 0.0125. The summed E-state index contributed by atoms with van der Waals surface area (Å²) in [5, 5.41) is 4.92. The second-order valence-electron chi connectivity index (χ2n) is 6.22. The van der Waals surface area contributed by atoms with Crippen LogP contribution in [0.2, 0.25) is 0 Å². The van der Waals surface area contributed by atoms with Crippen molar-refractivity contribution in [2.45, 2.75) is 6.61 Å². The van der Waals surface area contributed by atoms with Crippen molar-refractivity contribution in [2.75, 3.05) is 6.79 Å². The zero-order valence-electron chi connectivity index (χ0n) is 14.6. The number of hydrogen-bond donors (Lipinski definition) is 0. The molecule has 0 fully saturated rings. The Kier molecular flexibility index (Phi) is 3.90. The summed E-state index contributed by atoms with van der Waals surface area (Å²) in [4.78, 5) is 16.6. The Hall–Kier alpha value is -3.87. The molecule has 0 unspecified atom stereocenters. The van der Waals surface area contributed by atoms with Gasteiger partial charge in [-0.2, -0.15) is 0 Å². The van der Waals surface area contributed by atoms with E-state index in [1.165, 1.54) is 0 Å². The van der Waals surface area contributed by atoms with Gasteiger partial charge in [0.2, 0.25) is 6.79 Å². The van der Waals surface area contributed by atoms with Gasteiger partial charge < -0.3 is 18.7 Å². The smallest absolute Gasteiger partial charge is 0.357 e. The van der Waals surface area contributed by atoms with Crippen LogP contribution in [0.4, 0.5) is 0 Å². The van der Waals surface area contributed by atoms with Crippen LogP contribution in [0.1, 0.15) is 16.2 Å². The topological polar surface area (TPSA) is 83.7 Å². The van der Waals surface area contributed by atoms with Gasteiger partial charge in [0.25, 0.3) is 0 Å². The monoisotopic (exact) mass is 374 g/mol. The van der Waals surface area contributed by atoms with Crippen LogP contribution in [0.15, 0.2) is 65.2 Å². The first-order valence-electron chi connectivity index (χ1n) is 8.65. The van der Waals surface area contributed by atoms with Gasteiger partial charge in [-0.1, -0.05) is 29.4 Å². The maximum atomic E-state index is 12.3. The number of esters is 1. The Bertz CT molecular complexity index is 1180. The first-order chi connectivity index (χ1) is 13.8. The molecule has 7 heteroatoms. The molecule has 0 bridgehead atoms. The Balaban J connectivity index is 1.28. The van der Waals surface area contributed by atoms with E-state index in [1.807, 2.05) is 48.5 Å². The fraction of sp³-hybridized carbons (Fsp3) is 0.0952. The molecule has 138 valence electrons. The van der Waals surface area contributed by atoms with Gasteiger partial charge in [0.1, 0.15) is 18.0 Å². The Morgan fingerprint density at radius 1 is 1.00 bits per heavy atom. The lowest BCUT2D eigenvalue weighted by Gasteiger charge is -2.03. The molecule has 1 aliphatic heterocycles. The van der Waals surface area contributed by atoms with Gasteiger partial charge in [0.15, 0.2) is 17.3 Å². The van der Waals surface area contributed by atoms with E-state index in [4.69, 9.17) is 18.7 Å². The van der Waals surface area contributed by atoms with Crippen LogP contribution in [0.3, 0.4) is 0 Å². The standard InChI is InChI=1S/C21H14N2O5/c24-21(17-7-5-13-3-1-2-4-16(13)22-17)25-11-15-10-19(28-23-15)14-6-8-18-20(9-14)27-12-26-18/h1-10H,11-12H2. The highest BCUT2D eigenvalue weighted by Crippen LogP contribution is 2.36. The fourth-order valence-corrected chi connectivity index (χ4v) is 2.96. The van der Waals surface area contributed by atoms with Gasteiger partial charge >= 0.3 is 5.97 Å². The fourth-order valence-electron chi connectivity index (χ4n) is 2.96. The molecule has 0 atom stereocenters. The number of ether oxygens (including phenoxy) is 3. The van der Waals surface area contributed by atoms with Crippen molar-refractivity contribution in [3.63, 3.8) is 0 Å². The van der Waals surface area contributed by atoms with Crippen molar-refractivity contribution in [2.24, 2.45) is 0 Å². The number of nitrogens with zero attached hydrogens (tertiary/aromatic N) is 2. The summed E-state index contributed by atoms with van der Waals surface area (Å²) in [7, 11) is 0. The predicted molar refractivity (Wildman–Crippen MR) is 98.9 cm³/mol. The van der Waals surface area contributed by atoms with Gasteiger partial charge in [0.05, 0.1) is 5.52 Å². The Morgan fingerprint density at radius 2 is 1.89 bits per heavy atom. The number of pyridine rings is 1. The molecule has 7 nitrogen and oxygen atoms in total. The van der Waals surface area contributed by atoms with Crippen molar-refractivity contribution < 1.29 is 23.5 Å². The quantitative estimate of drug-likeness (QED) is 0.500. The second-order valence-corrected chi connectivity index (χ2v) is 6.22. The first-order valence-corrected chi connectivity index (χ1v) is 8.65. The van der Waals surface area contributed by atoms with Crippen LogP contribution < -0.4 is 9.47 Å². The molecule has 0 N–H and O–H groups in total. The van der Waals surface area contributed by atoms with Crippen LogP contribution in [-0.4, -0.2) is 22.9 Å². The Morgan fingerprint density at radius 3 is 2.86 bits per heavy atom. The summed E-state index contributed by atoms with van der Waals surface area (Å²) in [5.74, 6) is 1.39. The molecule has 28 heavy (non-hydrogen) atoms. The van der Waals surface area contributed by atoms with E-state index in [1.54, 1.807) is 12.1 Å². The third kappa shape index (κ3) is 3.03. The molecule has 3 heterocycles. The lowest BCUT2D eigenvalue weighted by molar-refractivity contribution is 0.0458. The third-order valence-electron chi connectivity index (χ3n) is 4.37. The number of fused-ring (bicyclic) bond motifs is 2. The number of hydrogen-bond acceptors (Lipinski definition) is 7. The molecule has 5 rings (SSSR count). The molecule has 2 aromatic heterocycles. The SMILES string of the molecule is O=C(OCc1cc(-c2ccc3c(c2)OCO3)on1)c1ccc2ccccc2n1. The highest BCUT2D eigenvalue weighted by molar-refractivity contribution is 5.91. The largest absolute Gasteiger partial charge is 0.454 e. The second kappa shape index (κ2) is 6.70. The Labute approximate surface area is 159 Å². The maximum Gasteiger partial charge on any atom is 0.357 e. The molecule has 4 aromatic rings. The van der Waals surface area contributed by atoms with Crippen LogP contribution >= 0.6 is 0 Å². The van der Waals surface area contributed by atoms with Gasteiger partial charge in [-0.05, 0) is 30.3 Å². The summed E-state index contributed by atoms with van der Waals surface area (Å²) in [5.41, 5.74) is 2.29. The van der Waals surface area contributed by atoms with Crippen LogP contribution in [0.25, 0.3) is 22.2 Å². The summed E-state index contributed by atoms with van der Waals surface area (Å²) in [6.45, 7) is 0.195. The number of carbonyl (C=O) groups is 1. The average Bonchev–Trinajstić information content (AvgIpc) is 3.40. The molecule has 0 aliphatic carbocycles. The van der Waals surface area contributed by atoms with Crippen molar-refractivity contribution >= 4 is 16.9 Å². The zero-order chi connectivity index (χ0) is 18.9. The predicted octanol–water partition coefficient (Wildman–Crippen LogP) is 3.98. The van der Waals surface area contributed by atoms with Gasteiger partial charge in [-0.3, -0.25) is 0 Å². The molecular weight excluding hydrogens is 360 g/mol. The van der Waals surface area contributed by atoms with Crippen molar-refractivity contribution in [3.8, 4) is 22.8 Å². The molecule has 0 spiro atoms. The molecular formula is C21H14N2O5. The van der Waals surface area contributed by atoms with E-state index >= 15 is 0 Å². The van der Waals surface area contributed by atoms with Crippen LogP contribution in [0, 0.1) is 0 Å². The summed E-state index contributed by atoms with van der Waals surface area (Å²) in [6, 6.07) is 18.3. The van der Waals surface area contributed by atoms with Crippen molar-refractivity contribution in [1.29, 1.82) is 0 Å². The normalized spacial score (nSPS) is 12.3. The van der Waals surface area contributed by atoms with E-state index < -0.39 is 5.97 Å². The number of rotatable bonds is 4. The summed E-state index contributed by atoms with van der Waals surface area (Å²) in [6.07, 6.45) is 0. The van der Waals surface area contributed by atoms with Crippen molar-refractivity contribution in [3.05, 3.63) is 72.1 Å². The van der Waals surface area contributed by atoms with Crippen molar-refractivity contribution in [1.82, 2.24) is 10.1 Å². The highest BCUT2D eigenvalue weighted by atomic mass is 16.7. The minimum atomic E-state index is -0.515. The number of benzene rings is 2. The average molecular weight is 374 g/mol. The summed E-state index contributed by atoms with van der Waals surface area (Å²) < 4.78 is 21.3. The first kappa shape index (κ1) is 16.3. The van der Waals surface area contributed by atoms with E-state index in [0.29, 0.717) is 23.0 Å². The lowest BCUT2D eigenvalue weighted by Crippen LogP contribution is -2.07. The van der Waals surface area contributed by atoms with Gasteiger partial charge in [-0.15, -0.1) is 0 Å². The van der Waals surface area contributed by atoms with E-state index in [2.05, 4.69) is 10.1 Å². The highest BCUT2D eigenvalue weighted by Gasteiger charge is 2.17. The van der Waals surface area contributed by atoms with Crippen LogP contribution in [-0.2, 0) is 11.3 Å². The van der Waals surface area contributed by atoms with Gasteiger partial charge in [0, 0.05) is 17.0 Å². The molecule has 0 radical (unpaired) electrons. The minimum Gasteiger partial charge on any atom is -0.454 e. The lowest BCUT2D eigenvalue weighted by atomic mass is 10.1. The number of para-hydroxylation sites is 1.